The number of ether oxygens (including phenoxy) is 4. The first-order valence-corrected chi connectivity index (χ1v) is 22.4. The van der Waals surface area contributed by atoms with Crippen LogP contribution in [0.4, 0.5) is 0 Å². The number of esters is 2. The van der Waals surface area contributed by atoms with Gasteiger partial charge in [0.05, 0.1) is 22.0 Å². The first kappa shape index (κ1) is 36.2. The van der Waals surface area contributed by atoms with Crippen LogP contribution in [0.3, 0.4) is 0 Å². The number of piperidine rings is 2. The average molecular weight is 789 g/mol. The molecule has 2 aromatic carbocycles. The Morgan fingerprint density at radius 1 is 0.672 bits per heavy atom. The fourth-order valence-electron chi connectivity index (χ4n) is 13.8. The Morgan fingerprint density at radius 3 is 1.52 bits per heavy atom. The Morgan fingerprint density at radius 2 is 1.10 bits per heavy atom. The van der Waals surface area contributed by atoms with Crippen LogP contribution < -0.4 is 18.9 Å². The molecule has 2 spiro atoms. The number of rotatable bonds is 11. The molecule has 10 heteroatoms. The quantitative estimate of drug-likeness (QED) is 0.122. The van der Waals surface area contributed by atoms with Gasteiger partial charge in [-0.1, -0.05) is 25.3 Å². The standard InChI is InChI=1S/C48H56N2O8/c1-27-15-17-47(53)35-23-31-11-13-33(41-39(31)45(47,43(27)57-41)19-21-49(35)25-29-7-8-29)55-37(51)5-3-4-6-38(52)56-34-14-12-32-24-36-48(54)18-16-28(2)44-46(48,40(32)42(34)58-44)20-22-50(36)26-30-9-10-30/h11-14,29-30,35-36,43-44,53-54H,1-10,15-26H2/t35-,36-,43+,44+,45+,46+,47-,48-/m1/s1. The van der Waals surface area contributed by atoms with Gasteiger partial charge in [0.25, 0.3) is 0 Å². The summed E-state index contributed by atoms with van der Waals surface area (Å²) in [6.45, 7) is 12.8. The fourth-order valence-corrected chi connectivity index (χ4v) is 13.8. The minimum absolute atomic E-state index is 0.0459. The third-order valence-electron chi connectivity index (χ3n) is 16.9. The third kappa shape index (κ3) is 4.80. The highest BCUT2D eigenvalue weighted by Gasteiger charge is 2.73. The highest BCUT2D eigenvalue weighted by molar-refractivity contribution is 5.77. The molecule has 6 aliphatic carbocycles. The van der Waals surface area contributed by atoms with Crippen molar-refractivity contribution >= 4 is 11.9 Å². The SMILES string of the molecule is C=C1CC[C@@]2(O)[C@H]3Cc4ccc(OC(=O)CCCCC(=O)Oc5ccc6c7c5O[C@H]5C(=C)CC[C@@]8(O)[C@@H](C6)N(CC6CC6)CC[C@]758)c5c4[C@@]2(CCN3CC2CC2)[C@H]1O5. The summed E-state index contributed by atoms with van der Waals surface area (Å²) in [6.07, 6.45) is 11.6. The summed E-state index contributed by atoms with van der Waals surface area (Å²) < 4.78 is 25.5. The summed E-state index contributed by atoms with van der Waals surface area (Å²) in [5, 5.41) is 25.3. The molecule has 2 N–H and O–H groups in total. The second-order valence-corrected chi connectivity index (χ2v) is 19.9. The van der Waals surface area contributed by atoms with Crippen molar-refractivity contribution in [3.8, 4) is 23.0 Å². The molecule has 0 unspecified atom stereocenters. The monoisotopic (exact) mass is 788 g/mol. The van der Waals surface area contributed by atoms with Crippen molar-refractivity contribution in [2.45, 2.75) is 149 Å². The zero-order valence-corrected chi connectivity index (χ0v) is 33.6. The Kier molecular flexibility index (Phi) is 7.75. The van der Waals surface area contributed by atoms with Crippen LogP contribution >= 0.6 is 0 Å². The maximum absolute atomic E-state index is 13.3. The first-order chi connectivity index (χ1) is 28.0. The highest BCUT2D eigenvalue weighted by Crippen LogP contribution is 2.68. The topological polar surface area (TPSA) is 118 Å². The van der Waals surface area contributed by atoms with Gasteiger partial charge in [0.2, 0.25) is 0 Å². The molecule has 4 bridgehead atoms. The summed E-state index contributed by atoms with van der Waals surface area (Å²) in [6, 6.07) is 7.97. The molecule has 8 atom stereocenters. The molecule has 58 heavy (non-hydrogen) atoms. The van der Waals surface area contributed by atoms with Crippen LogP contribution in [0.5, 0.6) is 23.0 Å². The zero-order valence-electron chi connectivity index (χ0n) is 33.6. The first-order valence-electron chi connectivity index (χ1n) is 22.4. The lowest BCUT2D eigenvalue weighted by atomic mass is 9.48. The van der Waals surface area contributed by atoms with Crippen molar-refractivity contribution in [2.75, 3.05) is 26.2 Å². The van der Waals surface area contributed by atoms with Gasteiger partial charge in [-0.05, 0) is 149 Å². The molecule has 10 nitrogen and oxygen atoms in total. The maximum atomic E-state index is 13.3. The van der Waals surface area contributed by atoms with E-state index in [-0.39, 0.29) is 49.1 Å². The van der Waals surface area contributed by atoms with Gasteiger partial charge in [-0.2, -0.15) is 0 Å². The minimum atomic E-state index is -0.920. The van der Waals surface area contributed by atoms with Crippen molar-refractivity contribution in [3.05, 3.63) is 70.8 Å². The predicted molar refractivity (Wildman–Crippen MR) is 214 cm³/mol. The molecule has 4 saturated carbocycles. The fraction of sp³-hybridized carbons (Fsp3) is 0.625. The van der Waals surface area contributed by atoms with Crippen LogP contribution in [0.1, 0.15) is 112 Å². The number of unbranched alkanes of at least 4 members (excludes halogenated alkanes) is 1. The van der Waals surface area contributed by atoms with Crippen molar-refractivity contribution in [1.29, 1.82) is 0 Å². The van der Waals surface area contributed by atoms with E-state index in [0.717, 1.165) is 98.8 Å². The molecule has 6 fully saturated rings. The summed E-state index contributed by atoms with van der Waals surface area (Å²) in [4.78, 5) is 31.8. The van der Waals surface area contributed by atoms with E-state index in [1.807, 2.05) is 12.1 Å². The second kappa shape index (κ2) is 12.4. The summed E-state index contributed by atoms with van der Waals surface area (Å²) >= 11 is 0. The Balaban J connectivity index is 0.716. The van der Waals surface area contributed by atoms with Crippen LogP contribution in [0, 0.1) is 11.8 Å². The van der Waals surface area contributed by atoms with Crippen molar-refractivity contribution in [3.63, 3.8) is 0 Å². The molecule has 2 aromatic rings. The van der Waals surface area contributed by atoms with E-state index >= 15 is 0 Å². The predicted octanol–water partition coefficient (Wildman–Crippen LogP) is 6.00. The number of hydrogen-bond donors (Lipinski definition) is 2. The lowest BCUT2D eigenvalue weighted by Gasteiger charge is -2.63. The van der Waals surface area contributed by atoms with Crippen LogP contribution in [-0.2, 0) is 33.3 Å². The number of likely N-dealkylation sites (tertiary alicyclic amines) is 2. The minimum Gasteiger partial charge on any atom is -0.481 e. The number of benzene rings is 2. The molecule has 4 aliphatic heterocycles. The summed E-state index contributed by atoms with van der Waals surface area (Å²) in [5.74, 6) is 2.73. The molecule has 10 aliphatic rings. The van der Waals surface area contributed by atoms with E-state index in [4.69, 9.17) is 18.9 Å². The van der Waals surface area contributed by atoms with Gasteiger partial charge < -0.3 is 29.2 Å². The van der Waals surface area contributed by atoms with E-state index in [1.165, 1.54) is 36.8 Å². The van der Waals surface area contributed by atoms with E-state index in [0.29, 0.717) is 48.7 Å². The van der Waals surface area contributed by atoms with Crippen LogP contribution in [0.25, 0.3) is 0 Å². The lowest BCUT2D eigenvalue weighted by Crippen LogP contribution is -2.75. The molecule has 0 radical (unpaired) electrons. The number of carbonyl (C=O) groups excluding carboxylic acids is 2. The molecule has 0 amide bonds. The van der Waals surface area contributed by atoms with Crippen molar-refractivity contribution < 1.29 is 38.7 Å². The molecular formula is C48H56N2O8. The Labute approximate surface area is 340 Å². The number of aliphatic hydroxyl groups is 2. The number of hydrogen-bond acceptors (Lipinski definition) is 10. The van der Waals surface area contributed by atoms with Crippen LogP contribution in [0.2, 0.25) is 0 Å². The van der Waals surface area contributed by atoms with E-state index in [1.54, 1.807) is 0 Å². The van der Waals surface area contributed by atoms with E-state index in [2.05, 4.69) is 35.1 Å². The third-order valence-corrected chi connectivity index (χ3v) is 16.9. The number of nitrogens with zero attached hydrogens (tertiary/aromatic N) is 2. The van der Waals surface area contributed by atoms with Gasteiger partial charge in [0.1, 0.15) is 12.2 Å². The van der Waals surface area contributed by atoms with E-state index in [9.17, 15) is 19.8 Å². The molecule has 306 valence electrons. The van der Waals surface area contributed by atoms with Crippen molar-refractivity contribution in [1.82, 2.24) is 9.80 Å². The van der Waals surface area contributed by atoms with Gasteiger partial charge in [-0.3, -0.25) is 19.4 Å². The maximum Gasteiger partial charge on any atom is 0.311 e. The van der Waals surface area contributed by atoms with Crippen LogP contribution in [0.15, 0.2) is 48.6 Å². The van der Waals surface area contributed by atoms with Crippen molar-refractivity contribution in [2.24, 2.45) is 11.8 Å². The molecule has 4 heterocycles. The van der Waals surface area contributed by atoms with Gasteiger partial charge in [-0.15, -0.1) is 0 Å². The normalized spacial score (nSPS) is 37.4. The smallest absolute Gasteiger partial charge is 0.311 e. The average Bonchev–Trinajstić information content (AvgIpc) is 4.13. The molecule has 12 rings (SSSR count). The summed E-state index contributed by atoms with van der Waals surface area (Å²) in [5.41, 5.74) is 3.43. The van der Waals surface area contributed by atoms with Crippen LogP contribution in [-0.4, -0.2) is 93.6 Å². The van der Waals surface area contributed by atoms with Gasteiger partial charge >= 0.3 is 11.9 Å². The molecule has 0 aromatic heterocycles. The highest BCUT2D eigenvalue weighted by atomic mass is 16.6. The Bertz CT molecular complexity index is 2030. The van der Waals surface area contributed by atoms with E-state index < -0.39 is 22.0 Å². The van der Waals surface area contributed by atoms with Gasteiger partial charge in [-0.25, -0.2) is 0 Å². The largest absolute Gasteiger partial charge is 0.481 e. The van der Waals surface area contributed by atoms with Gasteiger partial charge in [0.15, 0.2) is 23.0 Å². The van der Waals surface area contributed by atoms with Gasteiger partial charge in [0, 0.05) is 49.1 Å². The second-order valence-electron chi connectivity index (χ2n) is 19.9. The zero-order chi connectivity index (χ0) is 39.3. The summed E-state index contributed by atoms with van der Waals surface area (Å²) in [7, 11) is 0. The number of carbonyl (C=O) groups is 2. The molecular weight excluding hydrogens is 733 g/mol. The molecule has 2 saturated heterocycles. The Hall–Kier alpha value is -3.70. The lowest BCUT2D eigenvalue weighted by molar-refractivity contribution is -0.174.